The van der Waals surface area contributed by atoms with Gasteiger partial charge < -0.3 is 10.1 Å². The summed E-state index contributed by atoms with van der Waals surface area (Å²) in [5.41, 5.74) is 0.362. The molecular formula is C16H20FNO3. The lowest BCUT2D eigenvalue weighted by molar-refractivity contribution is -0.147. The predicted molar refractivity (Wildman–Crippen MR) is 76.0 cm³/mol. The minimum absolute atomic E-state index is 0.0168. The van der Waals surface area contributed by atoms with Crippen LogP contribution in [0, 0.1) is 11.7 Å². The Morgan fingerprint density at radius 3 is 2.71 bits per heavy atom. The molecule has 0 bridgehead atoms. The first kappa shape index (κ1) is 15.5. The maximum absolute atomic E-state index is 13.5. The molecule has 4 nitrogen and oxygen atoms in total. The van der Waals surface area contributed by atoms with Crippen molar-refractivity contribution >= 4 is 11.9 Å². The molecule has 1 saturated carbocycles. The van der Waals surface area contributed by atoms with Crippen molar-refractivity contribution in [1.29, 1.82) is 0 Å². The van der Waals surface area contributed by atoms with Crippen molar-refractivity contribution in [3.8, 4) is 0 Å². The first-order valence-corrected chi connectivity index (χ1v) is 7.22. The van der Waals surface area contributed by atoms with E-state index >= 15 is 0 Å². The van der Waals surface area contributed by atoms with Crippen molar-refractivity contribution in [3.05, 3.63) is 35.6 Å². The number of carbonyl (C=O) groups is 2. The number of methoxy groups -OCH3 is 1. The molecule has 21 heavy (non-hydrogen) atoms. The monoisotopic (exact) mass is 293 g/mol. The third-order valence-electron chi connectivity index (χ3n) is 3.93. The number of hydrogen-bond donors (Lipinski definition) is 1. The van der Waals surface area contributed by atoms with Crippen molar-refractivity contribution in [2.45, 2.75) is 38.1 Å². The molecular weight excluding hydrogens is 273 g/mol. The van der Waals surface area contributed by atoms with Gasteiger partial charge in [-0.05, 0) is 24.5 Å². The van der Waals surface area contributed by atoms with E-state index in [0.29, 0.717) is 5.56 Å². The first-order chi connectivity index (χ1) is 10.1. The zero-order valence-corrected chi connectivity index (χ0v) is 12.1. The van der Waals surface area contributed by atoms with Crippen LogP contribution >= 0.6 is 0 Å². The molecule has 1 aliphatic rings. The fourth-order valence-corrected chi connectivity index (χ4v) is 2.81. The Balaban J connectivity index is 1.97. The molecule has 0 heterocycles. The Bertz CT molecular complexity index is 518. The normalized spacial score (nSPS) is 21.6. The second kappa shape index (κ2) is 7.20. The summed E-state index contributed by atoms with van der Waals surface area (Å²) in [7, 11) is 1.36. The number of nitrogens with one attached hydrogen (secondary N) is 1. The number of amides is 1. The Kier molecular flexibility index (Phi) is 5.31. The van der Waals surface area contributed by atoms with Gasteiger partial charge in [-0.1, -0.05) is 31.0 Å². The summed E-state index contributed by atoms with van der Waals surface area (Å²) < 4.78 is 18.3. The summed E-state index contributed by atoms with van der Waals surface area (Å²) in [5.74, 6) is -1.24. The van der Waals surface area contributed by atoms with Gasteiger partial charge >= 0.3 is 5.97 Å². The summed E-state index contributed by atoms with van der Waals surface area (Å²) in [6, 6.07) is 5.99. The van der Waals surface area contributed by atoms with Gasteiger partial charge in [-0.3, -0.25) is 9.59 Å². The Hall–Kier alpha value is -1.91. The highest BCUT2D eigenvalue weighted by molar-refractivity contribution is 5.80. The highest BCUT2D eigenvalue weighted by Gasteiger charge is 2.32. The second-order valence-electron chi connectivity index (χ2n) is 5.36. The SMILES string of the molecule is COC(=O)C1CCCCC1NC(=O)Cc1ccccc1F. The van der Waals surface area contributed by atoms with Gasteiger partial charge in [0.05, 0.1) is 19.4 Å². The molecule has 0 radical (unpaired) electrons. The standard InChI is InChI=1S/C16H20FNO3/c1-21-16(20)12-7-3-5-9-14(12)18-15(19)10-11-6-2-4-8-13(11)17/h2,4,6,8,12,14H,3,5,7,9-10H2,1H3,(H,18,19). The molecule has 2 rings (SSSR count). The van der Waals surface area contributed by atoms with E-state index in [2.05, 4.69) is 5.32 Å². The molecule has 1 fully saturated rings. The van der Waals surface area contributed by atoms with Crippen molar-refractivity contribution in [3.63, 3.8) is 0 Å². The highest BCUT2D eigenvalue weighted by atomic mass is 19.1. The van der Waals surface area contributed by atoms with E-state index in [9.17, 15) is 14.0 Å². The van der Waals surface area contributed by atoms with E-state index in [4.69, 9.17) is 4.74 Å². The number of hydrogen-bond acceptors (Lipinski definition) is 3. The Labute approximate surface area is 123 Å². The zero-order valence-electron chi connectivity index (χ0n) is 12.1. The largest absolute Gasteiger partial charge is 0.469 e. The van der Waals surface area contributed by atoms with Gasteiger partial charge in [0.2, 0.25) is 5.91 Å². The third-order valence-corrected chi connectivity index (χ3v) is 3.93. The summed E-state index contributed by atoms with van der Waals surface area (Å²) in [6.45, 7) is 0. The molecule has 0 aliphatic heterocycles. The van der Waals surface area contributed by atoms with E-state index in [-0.39, 0.29) is 36.1 Å². The smallest absolute Gasteiger partial charge is 0.310 e. The van der Waals surface area contributed by atoms with Gasteiger partial charge in [-0.15, -0.1) is 0 Å². The number of benzene rings is 1. The van der Waals surface area contributed by atoms with Crippen LogP contribution in [0.1, 0.15) is 31.2 Å². The molecule has 0 saturated heterocycles. The van der Waals surface area contributed by atoms with Gasteiger partial charge in [0.15, 0.2) is 0 Å². The van der Waals surface area contributed by atoms with Crippen LogP contribution in [-0.2, 0) is 20.7 Å². The molecule has 1 aliphatic carbocycles. The Morgan fingerprint density at radius 1 is 1.29 bits per heavy atom. The van der Waals surface area contributed by atoms with Crippen LogP contribution in [0.25, 0.3) is 0 Å². The number of rotatable bonds is 4. The minimum Gasteiger partial charge on any atom is -0.469 e. The number of esters is 1. The fourth-order valence-electron chi connectivity index (χ4n) is 2.81. The lowest BCUT2D eigenvalue weighted by Gasteiger charge is -2.30. The number of carbonyl (C=O) groups excluding carboxylic acids is 2. The summed E-state index contributed by atoms with van der Waals surface area (Å²) in [4.78, 5) is 23.8. The molecule has 2 atom stereocenters. The average Bonchev–Trinajstić information content (AvgIpc) is 2.49. The highest BCUT2D eigenvalue weighted by Crippen LogP contribution is 2.25. The van der Waals surface area contributed by atoms with Crippen molar-refractivity contribution in [2.24, 2.45) is 5.92 Å². The van der Waals surface area contributed by atoms with Gasteiger partial charge in [0.25, 0.3) is 0 Å². The number of halogens is 1. The van der Waals surface area contributed by atoms with E-state index in [0.717, 1.165) is 25.7 Å². The number of ether oxygens (including phenoxy) is 1. The van der Waals surface area contributed by atoms with Crippen LogP contribution in [0.4, 0.5) is 4.39 Å². The summed E-state index contributed by atoms with van der Waals surface area (Å²) >= 11 is 0. The van der Waals surface area contributed by atoms with Gasteiger partial charge in [0, 0.05) is 6.04 Å². The maximum Gasteiger partial charge on any atom is 0.310 e. The fraction of sp³-hybridized carbons (Fsp3) is 0.500. The molecule has 0 spiro atoms. The van der Waals surface area contributed by atoms with E-state index in [1.165, 1.54) is 13.2 Å². The summed E-state index contributed by atoms with van der Waals surface area (Å²) in [6.07, 6.45) is 3.38. The first-order valence-electron chi connectivity index (χ1n) is 7.22. The lowest BCUT2D eigenvalue weighted by atomic mass is 9.84. The maximum atomic E-state index is 13.5. The van der Waals surface area contributed by atoms with Crippen molar-refractivity contribution in [2.75, 3.05) is 7.11 Å². The van der Waals surface area contributed by atoms with E-state index in [1.807, 2.05) is 0 Å². The molecule has 2 unspecified atom stereocenters. The molecule has 1 aromatic rings. The second-order valence-corrected chi connectivity index (χ2v) is 5.36. The van der Waals surface area contributed by atoms with Crippen LogP contribution in [0.2, 0.25) is 0 Å². The molecule has 114 valence electrons. The molecule has 1 N–H and O–H groups in total. The van der Waals surface area contributed by atoms with Crippen LogP contribution in [0.15, 0.2) is 24.3 Å². The molecule has 5 heteroatoms. The topological polar surface area (TPSA) is 55.4 Å². The van der Waals surface area contributed by atoms with Crippen LogP contribution in [0.5, 0.6) is 0 Å². The van der Waals surface area contributed by atoms with Crippen molar-refractivity contribution < 1.29 is 18.7 Å². The van der Waals surface area contributed by atoms with E-state index < -0.39 is 0 Å². The van der Waals surface area contributed by atoms with Gasteiger partial charge in [-0.2, -0.15) is 0 Å². The lowest BCUT2D eigenvalue weighted by Crippen LogP contribution is -2.46. The average molecular weight is 293 g/mol. The summed E-state index contributed by atoms with van der Waals surface area (Å²) in [5, 5.41) is 2.85. The van der Waals surface area contributed by atoms with Crippen LogP contribution in [0.3, 0.4) is 0 Å². The van der Waals surface area contributed by atoms with Crippen LogP contribution < -0.4 is 5.32 Å². The quantitative estimate of drug-likeness (QED) is 0.866. The zero-order chi connectivity index (χ0) is 15.2. The molecule has 1 amide bonds. The van der Waals surface area contributed by atoms with Crippen molar-refractivity contribution in [1.82, 2.24) is 5.32 Å². The minimum atomic E-state index is -0.388. The molecule has 1 aromatic carbocycles. The molecule has 0 aromatic heterocycles. The predicted octanol–water partition coefficient (Wildman–Crippen LogP) is 2.22. The Morgan fingerprint density at radius 2 is 2.00 bits per heavy atom. The van der Waals surface area contributed by atoms with E-state index in [1.54, 1.807) is 18.2 Å². The third kappa shape index (κ3) is 4.03. The van der Waals surface area contributed by atoms with Crippen LogP contribution in [-0.4, -0.2) is 25.0 Å². The van der Waals surface area contributed by atoms with Gasteiger partial charge in [0.1, 0.15) is 5.82 Å². The van der Waals surface area contributed by atoms with Gasteiger partial charge in [-0.25, -0.2) is 4.39 Å².